The van der Waals surface area contributed by atoms with Crippen molar-refractivity contribution in [1.29, 1.82) is 0 Å². The number of benzene rings is 1. The lowest BCUT2D eigenvalue weighted by molar-refractivity contribution is 0.0916. The highest BCUT2D eigenvalue weighted by atomic mass is 32.1. The van der Waals surface area contributed by atoms with Crippen LogP contribution in [0.25, 0.3) is 10.6 Å². The second-order valence-corrected chi connectivity index (χ2v) is 6.57. The van der Waals surface area contributed by atoms with E-state index in [4.69, 9.17) is 5.11 Å². The average molecular weight is 318 g/mol. The summed E-state index contributed by atoms with van der Waals surface area (Å²) in [6, 6.07) is 7.47. The van der Waals surface area contributed by atoms with Crippen LogP contribution in [0.3, 0.4) is 0 Å². The van der Waals surface area contributed by atoms with Gasteiger partial charge in [0.2, 0.25) is 0 Å². The minimum Gasteiger partial charge on any atom is -0.396 e. The lowest BCUT2D eigenvalue weighted by Crippen LogP contribution is -2.39. The molecule has 1 amide bonds. The Kier molecular flexibility index (Phi) is 5.69. The molecule has 118 valence electrons. The lowest BCUT2D eigenvalue weighted by Gasteiger charge is -2.21. The smallest absolute Gasteiger partial charge is 0.251 e. The fourth-order valence-electron chi connectivity index (χ4n) is 2.24. The van der Waals surface area contributed by atoms with E-state index in [2.05, 4.69) is 10.3 Å². The first kappa shape index (κ1) is 16.6. The van der Waals surface area contributed by atoms with Crippen molar-refractivity contribution in [3.8, 4) is 10.6 Å². The van der Waals surface area contributed by atoms with E-state index in [1.165, 1.54) is 0 Å². The van der Waals surface area contributed by atoms with E-state index in [-0.39, 0.29) is 24.5 Å². The molecule has 5 heteroatoms. The second-order valence-electron chi connectivity index (χ2n) is 5.71. The summed E-state index contributed by atoms with van der Waals surface area (Å²) in [5.74, 6) is 0.170. The molecule has 4 nitrogen and oxygen atoms in total. The number of aromatic nitrogens is 1. The maximum absolute atomic E-state index is 12.4. The summed E-state index contributed by atoms with van der Waals surface area (Å²) in [5, 5.41) is 15.0. The summed E-state index contributed by atoms with van der Waals surface area (Å²) in [6.45, 7) is 6.10. The van der Waals surface area contributed by atoms with Gasteiger partial charge in [-0.25, -0.2) is 4.98 Å². The molecule has 1 unspecified atom stereocenters. The van der Waals surface area contributed by atoms with Gasteiger partial charge in [0.1, 0.15) is 5.01 Å². The molecule has 0 aliphatic heterocycles. The van der Waals surface area contributed by atoms with Gasteiger partial charge < -0.3 is 10.4 Å². The van der Waals surface area contributed by atoms with Gasteiger partial charge >= 0.3 is 0 Å². The van der Waals surface area contributed by atoms with Gasteiger partial charge in [0.15, 0.2) is 0 Å². The second kappa shape index (κ2) is 7.51. The molecule has 2 rings (SSSR count). The topological polar surface area (TPSA) is 62.2 Å². The SMILES string of the molecule is Cc1csc(-c2cccc(C(=O)NC(CCO)C(C)C)c2)n1. The number of aliphatic hydroxyl groups excluding tert-OH is 1. The van der Waals surface area contributed by atoms with Gasteiger partial charge in [0.25, 0.3) is 5.91 Å². The molecule has 0 spiro atoms. The van der Waals surface area contributed by atoms with E-state index in [0.29, 0.717) is 12.0 Å². The van der Waals surface area contributed by atoms with Crippen LogP contribution in [0, 0.1) is 12.8 Å². The molecule has 0 radical (unpaired) electrons. The van der Waals surface area contributed by atoms with Crippen LogP contribution in [0.1, 0.15) is 36.3 Å². The highest BCUT2D eigenvalue weighted by molar-refractivity contribution is 7.13. The molecule has 0 aliphatic carbocycles. The minimum absolute atomic E-state index is 0.0248. The molecule has 1 aromatic carbocycles. The summed E-state index contributed by atoms with van der Waals surface area (Å²) >= 11 is 1.57. The third kappa shape index (κ3) is 4.15. The maximum atomic E-state index is 12.4. The van der Waals surface area contributed by atoms with Crippen LogP contribution in [-0.4, -0.2) is 28.6 Å². The number of hydrogen-bond acceptors (Lipinski definition) is 4. The summed E-state index contributed by atoms with van der Waals surface area (Å²) in [7, 11) is 0. The normalized spacial score (nSPS) is 12.4. The zero-order valence-corrected chi connectivity index (χ0v) is 14.0. The number of amides is 1. The standard InChI is InChI=1S/C17H22N2O2S/c1-11(2)15(7-8-20)19-16(21)13-5-4-6-14(9-13)17-18-12(3)10-22-17/h4-6,9-11,15,20H,7-8H2,1-3H3,(H,19,21). The molecular formula is C17H22N2O2S. The summed E-state index contributed by atoms with van der Waals surface area (Å²) in [5.41, 5.74) is 2.56. The van der Waals surface area contributed by atoms with Crippen molar-refractivity contribution in [3.63, 3.8) is 0 Å². The summed E-state index contributed by atoms with van der Waals surface area (Å²) in [6.07, 6.45) is 0.564. The molecule has 22 heavy (non-hydrogen) atoms. The summed E-state index contributed by atoms with van der Waals surface area (Å²) < 4.78 is 0. The quantitative estimate of drug-likeness (QED) is 0.859. The van der Waals surface area contributed by atoms with E-state index < -0.39 is 0 Å². The number of carbonyl (C=O) groups excluding carboxylic acids is 1. The van der Waals surface area contributed by atoms with Crippen LogP contribution in [0.4, 0.5) is 0 Å². The van der Waals surface area contributed by atoms with Gasteiger partial charge in [-0.05, 0) is 31.4 Å². The van der Waals surface area contributed by atoms with Crippen LogP contribution >= 0.6 is 11.3 Å². The third-order valence-corrected chi connectivity index (χ3v) is 4.56. The van der Waals surface area contributed by atoms with Crippen molar-refractivity contribution >= 4 is 17.2 Å². The third-order valence-electron chi connectivity index (χ3n) is 3.55. The van der Waals surface area contributed by atoms with Crippen molar-refractivity contribution in [2.24, 2.45) is 5.92 Å². The predicted molar refractivity (Wildman–Crippen MR) is 90.1 cm³/mol. The fraction of sp³-hybridized carbons (Fsp3) is 0.412. The van der Waals surface area contributed by atoms with E-state index in [1.807, 2.05) is 44.4 Å². The molecule has 2 N–H and O–H groups in total. The van der Waals surface area contributed by atoms with E-state index in [9.17, 15) is 4.79 Å². The molecule has 0 aliphatic rings. The number of nitrogens with zero attached hydrogens (tertiary/aromatic N) is 1. The molecule has 0 saturated carbocycles. The van der Waals surface area contributed by atoms with Crippen molar-refractivity contribution < 1.29 is 9.90 Å². The Hall–Kier alpha value is -1.72. The maximum Gasteiger partial charge on any atom is 0.251 e. The molecule has 0 bridgehead atoms. The Labute approximate surface area is 135 Å². The van der Waals surface area contributed by atoms with Gasteiger partial charge in [-0.3, -0.25) is 4.79 Å². The van der Waals surface area contributed by atoms with Gasteiger partial charge in [-0.1, -0.05) is 26.0 Å². The number of hydrogen-bond donors (Lipinski definition) is 2. The van der Waals surface area contributed by atoms with Crippen molar-refractivity contribution in [2.45, 2.75) is 33.2 Å². The first-order chi connectivity index (χ1) is 10.5. The van der Waals surface area contributed by atoms with E-state index in [0.717, 1.165) is 16.3 Å². The van der Waals surface area contributed by atoms with E-state index >= 15 is 0 Å². The van der Waals surface area contributed by atoms with Crippen LogP contribution < -0.4 is 5.32 Å². The minimum atomic E-state index is -0.109. The van der Waals surface area contributed by atoms with Gasteiger partial charge in [0.05, 0.1) is 0 Å². The lowest BCUT2D eigenvalue weighted by atomic mass is 10.0. The van der Waals surface area contributed by atoms with Gasteiger partial charge in [-0.15, -0.1) is 11.3 Å². The van der Waals surface area contributed by atoms with Gasteiger partial charge in [0, 0.05) is 34.8 Å². The molecule has 0 saturated heterocycles. The Morgan fingerprint density at radius 3 is 2.77 bits per heavy atom. The van der Waals surface area contributed by atoms with Crippen LogP contribution in [0.15, 0.2) is 29.6 Å². The predicted octanol–water partition coefficient (Wildman–Crippen LogP) is 3.26. The first-order valence-electron chi connectivity index (χ1n) is 7.45. The monoisotopic (exact) mass is 318 g/mol. The van der Waals surface area contributed by atoms with Gasteiger partial charge in [-0.2, -0.15) is 0 Å². The van der Waals surface area contributed by atoms with Crippen LogP contribution in [0.2, 0.25) is 0 Å². The highest BCUT2D eigenvalue weighted by Crippen LogP contribution is 2.24. The molecular weight excluding hydrogens is 296 g/mol. The number of aliphatic hydroxyl groups is 1. The Morgan fingerprint density at radius 2 is 2.18 bits per heavy atom. The number of rotatable bonds is 6. The Balaban J connectivity index is 2.16. The number of carbonyl (C=O) groups is 1. The first-order valence-corrected chi connectivity index (χ1v) is 8.33. The largest absolute Gasteiger partial charge is 0.396 e. The number of nitrogens with one attached hydrogen (secondary N) is 1. The molecule has 1 heterocycles. The molecule has 1 aromatic heterocycles. The van der Waals surface area contributed by atoms with Crippen molar-refractivity contribution in [2.75, 3.05) is 6.61 Å². The zero-order chi connectivity index (χ0) is 16.1. The fourth-order valence-corrected chi connectivity index (χ4v) is 3.04. The average Bonchev–Trinajstić information content (AvgIpc) is 2.93. The number of aryl methyl sites for hydroxylation is 1. The van der Waals surface area contributed by atoms with Crippen molar-refractivity contribution in [1.82, 2.24) is 10.3 Å². The molecule has 0 fully saturated rings. The molecule has 1 atom stereocenters. The summed E-state index contributed by atoms with van der Waals surface area (Å²) in [4.78, 5) is 16.9. The molecule has 2 aromatic rings. The Morgan fingerprint density at radius 1 is 1.41 bits per heavy atom. The van der Waals surface area contributed by atoms with E-state index in [1.54, 1.807) is 17.4 Å². The van der Waals surface area contributed by atoms with Crippen molar-refractivity contribution in [3.05, 3.63) is 40.9 Å². The Bertz CT molecular complexity index is 637. The number of thiazole rings is 1. The van der Waals surface area contributed by atoms with Crippen LogP contribution in [-0.2, 0) is 0 Å². The highest BCUT2D eigenvalue weighted by Gasteiger charge is 2.17. The van der Waals surface area contributed by atoms with Crippen LogP contribution in [0.5, 0.6) is 0 Å². The zero-order valence-electron chi connectivity index (χ0n) is 13.2.